The molecule has 0 spiro atoms. The van der Waals surface area contributed by atoms with Gasteiger partial charge in [0.25, 0.3) is 5.91 Å². The van der Waals surface area contributed by atoms with Crippen molar-refractivity contribution in [1.82, 2.24) is 5.32 Å². The average molecular weight is 245 g/mol. The number of hydrogen-bond donors (Lipinski definition) is 1. The van der Waals surface area contributed by atoms with Gasteiger partial charge in [-0.2, -0.15) is 0 Å². The fourth-order valence-electron chi connectivity index (χ4n) is 3.50. The fourth-order valence-corrected chi connectivity index (χ4v) is 3.50. The Labute approximate surface area is 108 Å². The summed E-state index contributed by atoms with van der Waals surface area (Å²) in [6.07, 6.45) is 5.09. The van der Waals surface area contributed by atoms with Gasteiger partial charge in [-0.05, 0) is 43.2 Å². The van der Waals surface area contributed by atoms with E-state index in [2.05, 4.69) is 5.32 Å². The molecule has 96 valence electrons. The summed E-state index contributed by atoms with van der Waals surface area (Å²) >= 11 is 0. The molecule has 0 aliphatic heterocycles. The molecule has 0 radical (unpaired) electrons. The van der Waals surface area contributed by atoms with Crippen LogP contribution in [0.2, 0.25) is 0 Å². The van der Waals surface area contributed by atoms with E-state index in [1.54, 1.807) is 7.11 Å². The third-order valence-corrected chi connectivity index (χ3v) is 4.41. The van der Waals surface area contributed by atoms with Crippen molar-refractivity contribution >= 4 is 5.91 Å². The van der Waals surface area contributed by atoms with Gasteiger partial charge in [-0.15, -0.1) is 0 Å². The summed E-state index contributed by atoms with van der Waals surface area (Å²) in [6, 6.07) is 7.78. The first-order valence-corrected chi connectivity index (χ1v) is 6.72. The van der Waals surface area contributed by atoms with Crippen molar-refractivity contribution in [2.24, 2.45) is 11.8 Å². The molecule has 18 heavy (non-hydrogen) atoms. The minimum absolute atomic E-state index is 0.00463. The normalized spacial score (nSPS) is 29.3. The van der Waals surface area contributed by atoms with Gasteiger partial charge in [0.15, 0.2) is 0 Å². The Morgan fingerprint density at radius 1 is 1.28 bits per heavy atom. The lowest BCUT2D eigenvalue weighted by molar-refractivity contribution is 0.0920. The SMILES string of the molecule is COc1ccccc1C(=O)N[C@H]1C[C@H]2CC[C@H]1C2. The molecule has 3 atom stereocenters. The second-order valence-electron chi connectivity index (χ2n) is 5.46. The number of methoxy groups -OCH3 is 1. The van der Waals surface area contributed by atoms with Crippen molar-refractivity contribution in [3.05, 3.63) is 29.8 Å². The maximum absolute atomic E-state index is 12.3. The van der Waals surface area contributed by atoms with E-state index in [1.165, 1.54) is 19.3 Å². The molecule has 1 aromatic rings. The van der Waals surface area contributed by atoms with Crippen molar-refractivity contribution in [3.63, 3.8) is 0 Å². The van der Waals surface area contributed by atoms with Crippen LogP contribution >= 0.6 is 0 Å². The van der Waals surface area contributed by atoms with Gasteiger partial charge in [-0.1, -0.05) is 18.6 Å². The summed E-state index contributed by atoms with van der Waals surface area (Å²) in [5.74, 6) is 2.20. The molecule has 2 fully saturated rings. The van der Waals surface area contributed by atoms with Crippen molar-refractivity contribution in [2.45, 2.75) is 31.7 Å². The Morgan fingerprint density at radius 3 is 2.78 bits per heavy atom. The molecule has 2 bridgehead atoms. The highest BCUT2D eigenvalue weighted by molar-refractivity contribution is 5.97. The molecule has 3 heteroatoms. The van der Waals surface area contributed by atoms with Crippen LogP contribution < -0.4 is 10.1 Å². The number of para-hydroxylation sites is 1. The fraction of sp³-hybridized carbons (Fsp3) is 0.533. The van der Waals surface area contributed by atoms with Crippen molar-refractivity contribution in [1.29, 1.82) is 0 Å². The summed E-state index contributed by atoms with van der Waals surface area (Å²) in [5.41, 5.74) is 0.641. The number of rotatable bonds is 3. The zero-order valence-corrected chi connectivity index (χ0v) is 10.7. The molecule has 1 amide bonds. The van der Waals surface area contributed by atoms with Crippen LogP contribution in [-0.4, -0.2) is 19.1 Å². The average Bonchev–Trinajstić information content (AvgIpc) is 3.01. The topological polar surface area (TPSA) is 38.3 Å². The van der Waals surface area contributed by atoms with Gasteiger partial charge in [0.1, 0.15) is 5.75 Å². The highest BCUT2D eigenvalue weighted by Gasteiger charge is 2.40. The lowest BCUT2D eigenvalue weighted by Crippen LogP contribution is -2.38. The molecule has 0 aromatic heterocycles. The molecule has 3 nitrogen and oxygen atoms in total. The minimum Gasteiger partial charge on any atom is -0.496 e. The van der Waals surface area contributed by atoms with Gasteiger partial charge < -0.3 is 10.1 Å². The number of ether oxygens (including phenoxy) is 1. The Balaban J connectivity index is 1.71. The van der Waals surface area contributed by atoms with Crippen LogP contribution in [0.25, 0.3) is 0 Å². The summed E-state index contributed by atoms with van der Waals surface area (Å²) in [5, 5.41) is 3.18. The zero-order valence-electron chi connectivity index (χ0n) is 10.7. The first-order valence-electron chi connectivity index (χ1n) is 6.72. The van der Waals surface area contributed by atoms with Crippen LogP contribution in [0, 0.1) is 11.8 Å². The maximum Gasteiger partial charge on any atom is 0.255 e. The smallest absolute Gasteiger partial charge is 0.255 e. The van der Waals surface area contributed by atoms with Gasteiger partial charge in [0.05, 0.1) is 12.7 Å². The largest absolute Gasteiger partial charge is 0.496 e. The molecular weight excluding hydrogens is 226 g/mol. The van der Waals surface area contributed by atoms with E-state index < -0.39 is 0 Å². The standard InChI is InChI=1S/C15H19NO2/c1-18-14-5-3-2-4-12(14)15(17)16-13-9-10-6-7-11(13)8-10/h2-5,10-11,13H,6-9H2,1H3,(H,16,17)/t10-,11-,13-/m0/s1. The number of fused-ring (bicyclic) bond motifs is 2. The Bertz CT molecular complexity index is 458. The predicted octanol–water partition coefficient (Wildman–Crippen LogP) is 2.61. The maximum atomic E-state index is 12.3. The second kappa shape index (κ2) is 4.63. The summed E-state index contributed by atoms with van der Waals surface area (Å²) in [4.78, 5) is 12.3. The molecule has 1 aromatic carbocycles. The number of amides is 1. The first kappa shape index (κ1) is 11.6. The van der Waals surface area contributed by atoms with Gasteiger partial charge >= 0.3 is 0 Å². The zero-order chi connectivity index (χ0) is 12.5. The Morgan fingerprint density at radius 2 is 2.11 bits per heavy atom. The number of carbonyl (C=O) groups excluding carboxylic acids is 1. The molecule has 0 unspecified atom stereocenters. The van der Waals surface area contributed by atoms with E-state index in [0.29, 0.717) is 23.3 Å². The molecule has 0 heterocycles. The van der Waals surface area contributed by atoms with Crippen LogP contribution in [0.5, 0.6) is 5.75 Å². The van der Waals surface area contributed by atoms with E-state index >= 15 is 0 Å². The Hall–Kier alpha value is -1.51. The molecule has 3 rings (SSSR count). The van der Waals surface area contributed by atoms with Crippen LogP contribution in [0.4, 0.5) is 0 Å². The molecule has 2 aliphatic rings. The van der Waals surface area contributed by atoms with Crippen molar-refractivity contribution in [3.8, 4) is 5.75 Å². The van der Waals surface area contributed by atoms with E-state index in [9.17, 15) is 4.79 Å². The third kappa shape index (κ3) is 1.98. The van der Waals surface area contributed by atoms with Crippen LogP contribution in [0.15, 0.2) is 24.3 Å². The van der Waals surface area contributed by atoms with Gasteiger partial charge in [-0.3, -0.25) is 4.79 Å². The van der Waals surface area contributed by atoms with E-state index in [1.807, 2.05) is 24.3 Å². The number of carbonyl (C=O) groups is 1. The quantitative estimate of drug-likeness (QED) is 0.889. The van der Waals surface area contributed by atoms with E-state index in [4.69, 9.17) is 4.74 Å². The van der Waals surface area contributed by atoms with Crippen LogP contribution in [-0.2, 0) is 0 Å². The monoisotopic (exact) mass is 245 g/mol. The number of benzene rings is 1. The lowest BCUT2D eigenvalue weighted by Gasteiger charge is -2.23. The highest BCUT2D eigenvalue weighted by atomic mass is 16.5. The summed E-state index contributed by atoms with van der Waals surface area (Å²) in [7, 11) is 1.60. The minimum atomic E-state index is 0.00463. The number of hydrogen-bond acceptors (Lipinski definition) is 2. The molecular formula is C15H19NO2. The van der Waals surface area contributed by atoms with E-state index in [-0.39, 0.29) is 5.91 Å². The predicted molar refractivity (Wildman–Crippen MR) is 69.7 cm³/mol. The first-order chi connectivity index (χ1) is 8.78. The van der Waals surface area contributed by atoms with Crippen LogP contribution in [0.3, 0.4) is 0 Å². The van der Waals surface area contributed by atoms with Crippen LogP contribution in [0.1, 0.15) is 36.0 Å². The molecule has 2 saturated carbocycles. The van der Waals surface area contributed by atoms with Gasteiger partial charge in [-0.25, -0.2) is 0 Å². The molecule has 2 aliphatic carbocycles. The third-order valence-electron chi connectivity index (χ3n) is 4.41. The van der Waals surface area contributed by atoms with E-state index in [0.717, 1.165) is 12.3 Å². The van der Waals surface area contributed by atoms with Crippen molar-refractivity contribution in [2.75, 3.05) is 7.11 Å². The summed E-state index contributed by atoms with van der Waals surface area (Å²) < 4.78 is 5.23. The van der Waals surface area contributed by atoms with Gasteiger partial charge in [0.2, 0.25) is 0 Å². The molecule has 0 saturated heterocycles. The second-order valence-corrected chi connectivity index (χ2v) is 5.46. The highest BCUT2D eigenvalue weighted by Crippen LogP contribution is 2.44. The summed E-state index contributed by atoms with van der Waals surface area (Å²) in [6.45, 7) is 0. The lowest BCUT2D eigenvalue weighted by atomic mass is 9.95. The number of nitrogens with one attached hydrogen (secondary N) is 1. The Kier molecular flexibility index (Phi) is 2.98. The van der Waals surface area contributed by atoms with Crippen molar-refractivity contribution < 1.29 is 9.53 Å². The van der Waals surface area contributed by atoms with Gasteiger partial charge in [0, 0.05) is 6.04 Å². The molecule has 1 N–H and O–H groups in total.